The molecule has 6 heteroatoms. The first-order chi connectivity index (χ1) is 9.25. The van der Waals surface area contributed by atoms with Crippen LogP contribution in [0.3, 0.4) is 0 Å². The summed E-state index contributed by atoms with van der Waals surface area (Å²) in [5, 5.41) is 0. The largest absolute Gasteiger partial charge is 0.341 e. The van der Waals surface area contributed by atoms with Crippen LogP contribution in [0, 0.1) is 6.92 Å². The van der Waals surface area contributed by atoms with Crippen LogP contribution in [0.4, 0.5) is 0 Å². The molecule has 1 unspecified atom stereocenters. The number of nitrogens with one attached hydrogen (secondary N) is 1. The number of H-pyrrole nitrogens is 1. The van der Waals surface area contributed by atoms with Crippen molar-refractivity contribution >= 4 is 5.91 Å². The van der Waals surface area contributed by atoms with Crippen molar-refractivity contribution in [3.63, 3.8) is 0 Å². The minimum atomic E-state index is 0.0277. The van der Waals surface area contributed by atoms with Gasteiger partial charge in [0, 0.05) is 25.5 Å². The molecule has 2 aromatic rings. The molecule has 0 aromatic carbocycles. The van der Waals surface area contributed by atoms with Crippen LogP contribution in [0.1, 0.15) is 35.2 Å². The number of carbonyl (C=O) groups is 1. The smallest absolute Gasteiger partial charge is 0.271 e. The SMILES string of the molecule is Cc1nccn1C1CCCN(C(=O)c2cnc[nH]2)C1. The third kappa shape index (κ3) is 2.25. The third-order valence-electron chi connectivity index (χ3n) is 3.67. The summed E-state index contributed by atoms with van der Waals surface area (Å²) in [4.78, 5) is 25.2. The minimum Gasteiger partial charge on any atom is -0.341 e. The second kappa shape index (κ2) is 4.87. The fourth-order valence-corrected chi connectivity index (χ4v) is 2.68. The molecule has 1 atom stereocenters. The quantitative estimate of drug-likeness (QED) is 0.886. The Morgan fingerprint density at radius 1 is 1.53 bits per heavy atom. The van der Waals surface area contributed by atoms with Gasteiger partial charge in [-0.3, -0.25) is 4.79 Å². The lowest BCUT2D eigenvalue weighted by Crippen LogP contribution is -2.41. The molecule has 0 bridgehead atoms. The second-order valence-electron chi connectivity index (χ2n) is 4.89. The van der Waals surface area contributed by atoms with Crippen LogP contribution in [0.5, 0.6) is 0 Å². The first-order valence-electron chi connectivity index (χ1n) is 6.53. The van der Waals surface area contributed by atoms with Gasteiger partial charge in [-0.25, -0.2) is 9.97 Å². The summed E-state index contributed by atoms with van der Waals surface area (Å²) in [7, 11) is 0. The Labute approximate surface area is 111 Å². The Bertz CT molecular complexity index is 559. The third-order valence-corrected chi connectivity index (χ3v) is 3.67. The Morgan fingerprint density at radius 3 is 3.11 bits per heavy atom. The summed E-state index contributed by atoms with van der Waals surface area (Å²) >= 11 is 0. The van der Waals surface area contributed by atoms with Gasteiger partial charge in [-0.1, -0.05) is 0 Å². The lowest BCUT2D eigenvalue weighted by atomic mass is 10.1. The van der Waals surface area contributed by atoms with Crippen molar-refractivity contribution in [1.29, 1.82) is 0 Å². The number of likely N-dealkylation sites (tertiary alicyclic amines) is 1. The van der Waals surface area contributed by atoms with Crippen molar-refractivity contribution in [3.8, 4) is 0 Å². The van der Waals surface area contributed by atoms with E-state index in [1.54, 1.807) is 6.20 Å². The number of amides is 1. The van der Waals surface area contributed by atoms with Crippen LogP contribution < -0.4 is 0 Å². The van der Waals surface area contributed by atoms with Gasteiger partial charge in [0.15, 0.2) is 0 Å². The van der Waals surface area contributed by atoms with Crippen LogP contribution >= 0.6 is 0 Å². The zero-order valence-corrected chi connectivity index (χ0v) is 10.9. The number of aromatic amines is 1. The van der Waals surface area contributed by atoms with Crippen LogP contribution in [-0.2, 0) is 0 Å². The molecule has 2 aromatic heterocycles. The molecule has 1 amide bonds. The normalized spacial score (nSPS) is 19.6. The van der Waals surface area contributed by atoms with Crippen molar-refractivity contribution in [3.05, 3.63) is 36.4 Å². The van der Waals surface area contributed by atoms with E-state index in [1.165, 1.54) is 6.33 Å². The standard InChI is InChI=1S/C13H17N5O/c1-10-15-4-6-18(10)11-3-2-5-17(8-11)13(19)12-7-14-9-16-12/h4,6-7,9,11H,2-3,5,8H2,1H3,(H,14,16). The Hall–Kier alpha value is -2.11. The Morgan fingerprint density at radius 2 is 2.42 bits per heavy atom. The number of piperidine rings is 1. The van der Waals surface area contributed by atoms with Crippen molar-refractivity contribution in [2.45, 2.75) is 25.8 Å². The summed E-state index contributed by atoms with van der Waals surface area (Å²) in [6.45, 7) is 3.53. The first-order valence-corrected chi connectivity index (χ1v) is 6.53. The number of hydrogen-bond donors (Lipinski definition) is 1. The van der Waals surface area contributed by atoms with Gasteiger partial charge >= 0.3 is 0 Å². The van der Waals surface area contributed by atoms with E-state index >= 15 is 0 Å². The van der Waals surface area contributed by atoms with Gasteiger partial charge in [0.1, 0.15) is 11.5 Å². The van der Waals surface area contributed by atoms with Crippen molar-refractivity contribution in [2.24, 2.45) is 0 Å². The van der Waals surface area contributed by atoms with Gasteiger partial charge in [-0.2, -0.15) is 0 Å². The lowest BCUT2D eigenvalue weighted by molar-refractivity contribution is 0.0673. The molecule has 1 fully saturated rings. The molecule has 1 N–H and O–H groups in total. The van der Waals surface area contributed by atoms with Crippen molar-refractivity contribution < 1.29 is 4.79 Å². The molecule has 6 nitrogen and oxygen atoms in total. The van der Waals surface area contributed by atoms with Crippen LogP contribution in [0.25, 0.3) is 0 Å². The maximum atomic E-state index is 12.3. The molecule has 1 saturated heterocycles. The highest BCUT2D eigenvalue weighted by molar-refractivity contribution is 5.92. The van der Waals surface area contributed by atoms with Crippen LogP contribution in [0.2, 0.25) is 0 Å². The van der Waals surface area contributed by atoms with Crippen LogP contribution in [0.15, 0.2) is 24.9 Å². The average Bonchev–Trinajstić information content (AvgIpc) is 3.09. The predicted molar refractivity (Wildman–Crippen MR) is 69.7 cm³/mol. The molecular weight excluding hydrogens is 242 g/mol. The first kappa shape index (κ1) is 12.0. The zero-order valence-electron chi connectivity index (χ0n) is 10.9. The highest BCUT2D eigenvalue weighted by Gasteiger charge is 2.26. The van der Waals surface area contributed by atoms with Gasteiger partial charge in [0.2, 0.25) is 0 Å². The van der Waals surface area contributed by atoms with E-state index in [9.17, 15) is 4.79 Å². The number of carbonyl (C=O) groups excluding carboxylic acids is 1. The fourth-order valence-electron chi connectivity index (χ4n) is 2.68. The molecule has 0 radical (unpaired) electrons. The number of aryl methyl sites for hydroxylation is 1. The predicted octanol–water partition coefficient (Wildman–Crippen LogP) is 1.39. The molecule has 3 heterocycles. The van der Waals surface area contributed by atoms with E-state index in [4.69, 9.17) is 0 Å². The molecule has 3 rings (SSSR count). The van der Waals surface area contributed by atoms with E-state index < -0.39 is 0 Å². The van der Waals surface area contributed by atoms with E-state index in [-0.39, 0.29) is 5.91 Å². The molecule has 0 aliphatic carbocycles. The molecule has 1 aliphatic rings. The Kier molecular flexibility index (Phi) is 3.06. The fraction of sp³-hybridized carbons (Fsp3) is 0.462. The van der Waals surface area contributed by atoms with Gasteiger partial charge in [0.05, 0.1) is 18.6 Å². The number of aromatic nitrogens is 4. The number of imidazole rings is 2. The summed E-state index contributed by atoms with van der Waals surface area (Å²) in [6, 6.07) is 0.322. The van der Waals surface area contributed by atoms with E-state index in [0.29, 0.717) is 11.7 Å². The summed E-state index contributed by atoms with van der Waals surface area (Å²) in [5.74, 6) is 1.03. The zero-order chi connectivity index (χ0) is 13.2. The molecule has 0 saturated carbocycles. The topological polar surface area (TPSA) is 66.8 Å². The van der Waals surface area contributed by atoms with Gasteiger partial charge in [0.25, 0.3) is 5.91 Å². The number of hydrogen-bond acceptors (Lipinski definition) is 3. The molecule has 0 spiro atoms. The van der Waals surface area contributed by atoms with Crippen molar-refractivity contribution in [1.82, 2.24) is 24.4 Å². The Balaban J connectivity index is 1.75. The highest BCUT2D eigenvalue weighted by Crippen LogP contribution is 2.23. The molecule has 1 aliphatic heterocycles. The summed E-state index contributed by atoms with van der Waals surface area (Å²) in [6.07, 6.45) is 9.02. The van der Waals surface area contributed by atoms with Gasteiger partial charge in [-0.15, -0.1) is 0 Å². The van der Waals surface area contributed by atoms with E-state index in [0.717, 1.165) is 31.8 Å². The maximum absolute atomic E-state index is 12.3. The maximum Gasteiger partial charge on any atom is 0.271 e. The number of nitrogens with zero attached hydrogens (tertiary/aromatic N) is 4. The van der Waals surface area contributed by atoms with Crippen LogP contribution in [-0.4, -0.2) is 43.4 Å². The summed E-state index contributed by atoms with van der Waals surface area (Å²) < 4.78 is 2.16. The van der Waals surface area contributed by atoms with E-state index in [1.807, 2.05) is 24.2 Å². The average molecular weight is 259 g/mol. The molecule has 100 valence electrons. The van der Waals surface area contributed by atoms with E-state index in [2.05, 4.69) is 19.5 Å². The monoisotopic (exact) mass is 259 g/mol. The molecule has 19 heavy (non-hydrogen) atoms. The lowest BCUT2D eigenvalue weighted by Gasteiger charge is -2.33. The van der Waals surface area contributed by atoms with Gasteiger partial charge < -0.3 is 14.5 Å². The summed E-state index contributed by atoms with van der Waals surface area (Å²) in [5.41, 5.74) is 0.558. The number of rotatable bonds is 2. The molecular formula is C13H17N5O. The second-order valence-corrected chi connectivity index (χ2v) is 4.89. The van der Waals surface area contributed by atoms with Crippen molar-refractivity contribution in [2.75, 3.05) is 13.1 Å². The minimum absolute atomic E-state index is 0.0277. The highest BCUT2D eigenvalue weighted by atomic mass is 16.2. The van der Waals surface area contributed by atoms with Gasteiger partial charge in [-0.05, 0) is 19.8 Å².